The van der Waals surface area contributed by atoms with Gasteiger partial charge in [-0.25, -0.2) is 9.78 Å². The highest BCUT2D eigenvalue weighted by Crippen LogP contribution is 2.29. The number of nitrogens with one attached hydrogen (secondary N) is 1. The molecule has 1 aromatic heterocycles. The lowest BCUT2D eigenvalue weighted by Gasteiger charge is -2.18. The van der Waals surface area contributed by atoms with E-state index < -0.39 is 16.9 Å². The summed E-state index contributed by atoms with van der Waals surface area (Å²) in [6, 6.07) is 11.1. The highest BCUT2D eigenvalue weighted by molar-refractivity contribution is 7.14. The highest BCUT2D eigenvalue weighted by atomic mass is 35.5. The van der Waals surface area contributed by atoms with E-state index in [-0.39, 0.29) is 16.4 Å². The maximum absolute atomic E-state index is 12.4. The van der Waals surface area contributed by atoms with E-state index in [0.29, 0.717) is 16.3 Å². The lowest BCUT2D eigenvalue weighted by molar-refractivity contribution is -0.384. The molecule has 1 heterocycles. The molecular formula is C17H12ClN5O4S. The Kier molecular flexibility index (Phi) is 5.52. The second-order valence-corrected chi connectivity index (χ2v) is 6.72. The standard InChI is InChI=1S/C17H12ClN5O4S/c18-12-5-1-4-11(7-12)15(24)21-22(16(19)25)17-20-14(9-28-17)10-3-2-6-13(8-10)23(26)27/h1-9H,(H2,19,25)(H,21,24). The number of aromatic nitrogens is 1. The van der Waals surface area contributed by atoms with Crippen molar-refractivity contribution in [3.8, 4) is 11.3 Å². The molecule has 11 heteroatoms. The number of nitro groups is 1. The van der Waals surface area contributed by atoms with Crippen LogP contribution in [0.25, 0.3) is 11.3 Å². The van der Waals surface area contributed by atoms with Crippen LogP contribution in [0, 0.1) is 10.1 Å². The summed E-state index contributed by atoms with van der Waals surface area (Å²) in [5.74, 6) is -0.603. The zero-order valence-electron chi connectivity index (χ0n) is 14.0. The summed E-state index contributed by atoms with van der Waals surface area (Å²) in [4.78, 5) is 38.8. The minimum absolute atomic E-state index is 0.0898. The summed E-state index contributed by atoms with van der Waals surface area (Å²) in [7, 11) is 0. The number of carbonyl (C=O) groups is 2. The number of non-ortho nitro benzene ring substituents is 1. The van der Waals surface area contributed by atoms with Gasteiger partial charge in [0, 0.05) is 33.7 Å². The number of hydrogen-bond acceptors (Lipinski definition) is 6. The fourth-order valence-corrected chi connectivity index (χ4v) is 3.26. The molecule has 0 saturated carbocycles. The quantitative estimate of drug-likeness (QED) is 0.494. The van der Waals surface area contributed by atoms with E-state index in [1.165, 1.54) is 30.3 Å². The Labute approximate surface area is 167 Å². The lowest BCUT2D eigenvalue weighted by Crippen LogP contribution is -2.49. The number of benzene rings is 2. The van der Waals surface area contributed by atoms with Crippen LogP contribution in [0.2, 0.25) is 5.02 Å². The smallest absolute Gasteiger partial charge is 0.340 e. The average Bonchev–Trinajstić information content (AvgIpc) is 3.15. The number of rotatable bonds is 4. The number of primary amides is 1. The Morgan fingerprint density at radius 1 is 1.21 bits per heavy atom. The average molecular weight is 418 g/mol. The zero-order valence-corrected chi connectivity index (χ0v) is 15.6. The van der Waals surface area contributed by atoms with Gasteiger partial charge in [-0.2, -0.15) is 5.01 Å². The number of nitrogens with zero attached hydrogens (tertiary/aromatic N) is 3. The summed E-state index contributed by atoms with van der Waals surface area (Å²) in [5.41, 5.74) is 8.76. The van der Waals surface area contributed by atoms with Gasteiger partial charge in [0.05, 0.1) is 10.6 Å². The first-order valence-corrected chi connectivity index (χ1v) is 8.97. The van der Waals surface area contributed by atoms with Crippen molar-refractivity contribution in [2.24, 2.45) is 5.73 Å². The number of thiazole rings is 1. The maximum Gasteiger partial charge on any atom is 0.340 e. The van der Waals surface area contributed by atoms with Crippen LogP contribution in [0.4, 0.5) is 15.6 Å². The van der Waals surface area contributed by atoms with Crippen LogP contribution in [-0.4, -0.2) is 21.8 Å². The molecule has 0 aliphatic rings. The third kappa shape index (κ3) is 4.24. The van der Waals surface area contributed by atoms with Gasteiger partial charge < -0.3 is 5.73 Å². The van der Waals surface area contributed by atoms with Gasteiger partial charge in [0.2, 0.25) is 5.13 Å². The van der Waals surface area contributed by atoms with Crippen molar-refractivity contribution in [1.29, 1.82) is 0 Å². The fraction of sp³-hybridized carbons (Fsp3) is 0. The molecule has 3 amide bonds. The minimum Gasteiger partial charge on any atom is -0.350 e. The number of nitrogens with two attached hydrogens (primary N) is 1. The number of carbonyl (C=O) groups excluding carboxylic acids is 2. The molecule has 9 nitrogen and oxygen atoms in total. The molecule has 0 radical (unpaired) electrons. The van der Waals surface area contributed by atoms with Crippen molar-refractivity contribution in [1.82, 2.24) is 10.4 Å². The Morgan fingerprint density at radius 2 is 1.96 bits per heavy atom. The number of hydrogen-bond donors (Lipinski definition) is 2. The van der Waals surface area contributed by atoms with E-state index >= 15 is 0 Å². The minimum atomic E-state index is -0.949. The molecule has 3 aromatic rings. The van der Waals surface area contributed by atoms with Gasteiger partial charge in [0.1, 0.15) is 0 Å². The zero-order chi connectivity index (χ0) is 20.3. The molecule has 3 N–H and O–H groups in total. The molecule has 142 valence electrons. The van der Waals surface area contributed by atoms with Gasteiger partial charge in [-0.15, -0.1) is 11.3 Å². The normalized spacial score (nSPS) is 10.3. The maximum atomic E-state index is 12.4. The van der Waals surface area contributed by atoms with E-state index in [1.807, 2.05) is 0 Å². The molecular weight excluding hydrogens is 406 g/mol. The van der Waals surface area contributed by atoms with Crippen LogP contribution in [0.1, 0.15) is 10.4 Å². The first-order valence-electron chi connectivity index (χ1n) is 7.71. The third-order valence-electron chi connectivity index (χ3n) is 3.56. The van der Waals surface area contributed by atoms with Gasteiger partial charge in [-0.3, -0.25) is 20.3 Å². The number of anilines is 1. The molecule has 0 saturated heterocycles. The molecule has 0 aliphatic heterocycles. The first-order chi connectivity index (χ1) is 13.3. The van der Waals surface area contributed by atoms with Crippen molar-refractivity contribution in [2.45, 2.75) is 0 Å². The van der Waals surface area contributed by atoms with Crippen molar-refractivity contribution in [3.63, 3.8) is 0 Å². The lowest BCUT2D eigenvalue weighted by atomic mass is 10.1. The predicted octanol–water partition coefficient (Wildman–Crippen LogP) is 3.60. The highest BCUT2D eigenvalue weighted by Gasteiger charge is 2.21. The van der Waals surface area contributed by atoms with E-state index in [4.69, 9.17) is 17.3 Å². The topological polar surface area (TPSA) is 131 Å². The van der Waals surface area contributed by atoms with Gasteiger partial charge in [0.25, 0.3) is 11.6 Å². The number of urea groups is 1. The van der Waals surface area contributed by atoms with Gasteiger partial charge in [-0.05, 0) is 18.2 Å². The number of halogens is 1. The SMILES string of the molecule is NC(=O)N(NC(=O)c1cccc(Cl)c1)c1nc(-c2cccc([N+](=O)[O-])c2)cs1. The van der Waals surface area contributed by atoms with E-state index in [2.05, 4.69) is 10.4 Å². The summed E-state index contributed by atoms with van der Waals surface area (Å²) in [6.45, 7) is 0. The van der Waals surface area contributed by atoms with Crippen LogP contribution < -0.4 is 16.2 Å². The van der Waals surface area contributed by atoms with Crippen LogP contribution in [0.15, 0.2) is 53.9 Å². The van der Waals surface area contributed by atoms with Gasteiger partial charge in [-0.1, -0.05) is 29.8 Å². The van der Waals surface area contributed by atoms with Crippen LogP contribution in [0.3, 0.4) is 0 Å². The second-order valence-electron chi connectivity index (χ2n) is 5.45. The van der Waals surface area contributed by atoms with Crippen molar-refractivity contribution in [2.75, 3.05) is 5.01 Å². The molecule has 0 aliphatic carbocycles. The van der Waals surface area contributed by atoms with Crippen LogP contribution in [0.5, 0.6) is 0 Å². The molecule has 3 rings (SSSR count). The van der Waals surface area contributed by atoms with Crippen LogP contribution >= 0.6 is 22.9 Å². The van der Waals surface area contributed by atoms with Crippen molar-refractivity contribution < 1.29 is 14.5 Å². The molecule has 0 spiro atoms. The van der Waals surface area contributed by atoms with Gasteiger partial charge >= 0.3 is 6.03 Å². The molecule has 0 fully saturated rings. The Morgan fingerprint density at radius 3 is 2.64 bits per heavy atom. The van der Waals surface area contributed by atoms with E-state index in [9.17, 15) is 19.7 Å². The molecule has 0 bridgehead atoms. The summed E-state index contributed by atoms with van der Waals surface area (Å²) >= 11 is 6.91. The second kappa shape index (κ2) is 8.03. The Hall–Kier alpha value is -3.50. The Bertz CT molecular complexity index is 1070. The number of hydrazine groups is 1. The summed E-state index contributed by atoms with van der Waals surface area (Å²) in [5, 5.41) is 13.8. The van der Waals surface area contributed by atoms with E-state index in [1.54, 1.807) is 23.6 Å². The number of amides is 3. The summed E-state index contributed by atoms with van der Waals surface area (Å²) in [6.07, 6.45) is 0. The molecule has 0 unspecified atom stereocenters. The molecule has 0 atom stereocenters. The monoisotopic (exact) mass is 417 g/mol. The summed E-state index contributed by atoms with van der Waals surface area (Å²) < 4.78 is 0. The largest absolute Gasteiger partial charge is 0.350 e. The number of nitro benzene ring substituents is 1. The Balaban J connectivity index is 1.86. The molecule has 28 heavy (non-hydrogen) atoms. The van der Waals surface area contributed by atoms with Crippen molar-refractivity contribution >= 4 is 45.7 Å². The van der Waals surface area contributed by atoms with Crippen molar-refractivity contribution in [3.05, 3.63) is 74.6 Å². The fourth-order valence-electron chi connectivity index (χ4n) is 2.27. The molecule has 2 aromatic carbocycles. The van der Waals surface area contributed by atoms with E-state index in [0.717, 1.165) is 16.3 Å². The third-order valence-corrected chi connectivity index (χ3v) is 4.62. The predicted molar refractivity (Wildman–Crippen MR) is 105 cm³/mol. The van der Waals surface area contributed by atoms with Gasteiger partial charge in [0.15, 0.2) is 0 Å². The first kappa shape index (κ1) is 19.3. The van der Waals surface area contributed by atoms with Crippen LogP contribution in [-0.2, 0) is 0 Å².